The molecule has 0 saturated carbocycles. The van der Waals surface area contributed by atoms with Gasteiger partial charge in [-0.05, 0) is 19.5 Å². The molecule has 1 aliphatic heterocycles. The predicted molar refractivity (Wildman–Crippen MR) is 81.2 cm³/mol. The van der Waals surface area contributed by atoms with Gasteiger partial charge in [0.1, 0.15) is 5.82 Å². The van der Waals surface area contributed by atoms with Gasteiger partial charge in [0.2, 0.25) is 0 Å². The largest absolute Gasteiger partial charge is 0.330 e. The summed E-state index contributed by atoms with van der Waals surface area (Å²) in [6.45, 7) is 7.29. The second kappa shape index (κ2) is 6.26. The minimum absolute atomic E-state index is 0.428. The van der Waals surface area contributed by atoms with Gasteiger partial charge in [-0.25, -0.2) is 9.97 Å². The fraction of sp³-hybridized carbons (Fsp3) is 0.692. The number of aromatic nitrogens is 2. The van der Waals surface area contributed by atoms with Crippen molar-refractivity contribution in [3.8, 4) is 0 Å². The zero-order chi connectivity index (χ0) is 13.1. The van der Waals surface area contributed by atoms with Crippen molar-refractivity contribution in [3.63, 3.8) is 0 Å². The number of hydrogen-bond donors (Lipinski definition) is 1. The van der Waals surface area contributed by atoms with Crippen LogP contribution < -0.4 is 5.73 Å². The van der Waals surface area contributed by atoms with E-state index in [4.69, 9.17) is 5.73 Å². The highest BCUT2D eigenvalue weighted by Crippen LogP contribution is 2.43. The van der Waals surface area contributed by atoms with Gasteiger partial charge in [0.25, 0.3) is 0 Å². The Morgan fingerprint density at radius 3 is 2.78 bits per heavy atom. The Morgan fingerprint density at radius 1 is 1.33 bits per heavy atom. The quantitative estimate of drug-likeness (QED) is 0.924. The summed E-state index contributed by atoms with van der Waals surface area (Å²) in [5.41, 5.74) is 7.75. The first-order valence-corrected chi connectivity index (χ1v) is 8.41. The SMILES string of the molecule is Cc1cc(CCN)nc(C2CSC(C)C(C)S2)n1. The van der Waals surface area contributed by atoms with Crippen molar-refractivity contribution >= 4 is 23.5 Å². The third-order valence-electron chi connectivity index (χ3n) is 3.16. The predicted octanol–water partition coefficient (Wildman–Crippen LogP) is 2.58. The number of aryl methyl sites for hydroxylation is 1. The van der Waals surface area contributed by atoms with E-state index >= 15 is 0 Å². The van der Waals surface area contributed by atoms with Crippen LogP contribution in [-0.4, -0.2) is 32.8 Å². The van der Waals surface area contributed by atoms with Crippen LogP contribution in [0.15, 0.2) is 6.07 Å². The normalized spacial score (nSPS) is 28.3. The standard InChI is InChI=1S/C13H21N3S2/c1-8-6-11(4-5-14)16-13(15-8)12-7-17-9(2)10(3)18-12/h6,9-10,12H,4-5,7,14H2,1-3H3. The molecule has 1 fully saturated rings. The number of thioether (sulfide) groups is 2. The van der Waals surface area contributed by atoms with E-state index in [1.165, 1.54) is 0 Å². The molecule has 1 aliphatic rings. The van der Waals surface area contributed by atoms with Crippen LogP contribution in [0.2, 0.25) is 0 Å². The van der Waals surface area contributed by atoms with Gasteiger partial charge in [-0.2, -0.15) is 11.8 Å². The number of hydrogen-bond acceptors (Lipinski definition) is 5. The summed E-state index contributed by atoms with van der Waals surface area (Å²) in [7, 11) is 0. The summed E-state index contributed by atoms with van der Waals surface area (Å²) in [5, 5.41) is 1.81. The van der Waals surface area contributed by atoms with E-state index in [1.807, 2.05) is 36.5 Å². The van der Waals surface area contributed by atoms with Crippen LogP contribution in [0, 0.1) is 6.92 Å². The van der Waals surface area contributed by atoms with Gasteiger partial charge in [0, 0.05) is 34.1 Å². The molecule has 0 spiro atoms. The molecule has 0 aromatic carbocycles. The van der Waals surface area contributed by atoms with E-state index in [1.54, 1.807) is 0 Å². The molecule has 3 atom stereocenters. The van der Waals surface area contributed by atoms with Gasteiger partial charge in [0.05, 0.1) is 5.25 Å². The van der Waals surface area contributed by atoms with Crippen molar-refractivity contribution in [1.29, 1.82) is 0 Å². The summed E-state index contributed by atoms with van der Waals surface area (Å²) >= 11 is 4.03. The lowest BCUT2D eigenvalue weighted by molar-refractivity contribution is 0.818. The van der Waals surface area contributed by atoms with E-state index in [-0.39, 0.29) is 0 Å². The van der Waals surface area contributed by atoms with Gasteiger partial charge in [0.15, 0.2) is 0 Å². The molecule has 5 heteroatoms. The topological polar surface area (TPSA) is 51.8 Å². The fourth-order valence-corrected chi connectivity index (χ4v) is 4.84. The summed E-state index contributed by atoms with van der Waals surface area (Å²) in [5.74, 6) is 2.11. The zero-order valence-corrected chi connectivity index (χ0v) is 12.9. The summed E-state index contributed by atoms with van der Waals surface area (Å²) in [6, 6.07) is 2.04. The van der Waals surface area contributed by atoms with Crippen LogP contribution in [0.3, 0.4) is 0 Å². The van der Waals surface area contributed by atoms with Crippen molar-refractivity contribution < 1.29 is 0 Å². The molecule has 0 aliphatic carbocycles. The van der Waals surface area contributed by atoms with Crippen LogP contribution in [0.5, 0.6) is 0 Å². The van der Waals surface area contributed by atoms with Crippen molar-refractivity contribution in [2.24, 2.45) is 5.73 Å². The Morgan fingerprint density at radius 2 is 2.11 bits per heavy atom. The highest BCUT2D eigenvalue weighted by Gasteiger charge is 2.28. The molecule has 1 saturated heterocycles. The average Bonchev–Trinajstić information content (AvgIpc) is 2.32. The van der Waals surface area contributed by atoms with Crippen molar-refractivity contribution in [2.75, 3.05) is 12.3 Å². The Balaban J connectivity index is 2.17. The summed E-state index contributed by atoms with van der Waals surface area (Å²) in [6.07, 6.45) is 0.840. The van der Waals surface area contributed by atoms with Crippen LogP contribution in [0.4, 0.5) is 0 Å². The van der Waals surface area contributed by atoms with Gasteiger partial charge >= 0.3 is 0 Å². The third kappa shape index (κ3) is 3.39. The lowest BCUT2D eigenvalue weighted by atomic mass is 10.2. The van der Waals surface area contributed by atoms with Crippen molar-refractivity contribution in [2.45, 2.75) is 42.9 Å². The van der Waals surface area contributed by atoms with E-state index in [0.29, 0.717) is 17.0 Å². The Hall–Kier alpha value is -0.260. The molecule has 0 amide bonds. The maximum atomic E-state index is 5.61. The van der Waals surface area contributed by atoms with Crippen LogP contribution in [0.1, 0.15) is 36.3 Å². The van der Waals surface area contributed by atoms with Gasteiger partial charge in [-0.1, -0.05) is 13.8 Å². The van der Waals surface area contributed by atoms with E-state index in [0.717, 1.165) is 34.6 Å². The van der Waals surface area contributed by atoms with Crippen molar-refractivity contribution in [3.05, 3.63) is 23.3 Å². The molecule has 2 heterocycles. The minimum atomic E-state index is 0.428. The van der Waals surface area contributed by atoms with Crippen LogP contribution in [-0.2, 0) is 6.42 Å². The molecular weight excluding hydrogens is 262 g/mol. The highest BCUT2D eigenvalue weighted by molar-refractivity contribution is 8.07. The molecule has 0 bridgehead atoms. The fourth-order valence-electron chi connectivity index (χ4n) is 2.00. The lowest BCUT2D eigenvalue weighted by Gasteiger charge is -2.30. The minimum Gasteiger partial charge on any atom is -0.330 e. The highest BCUT2D eigenvalue weighted by atomic mass is 32.2. The lowest BCUT2D eigenvalue weighted by Crippen LogP contribution is -2.23. The second-order valence-electron chi connectivity index (χ2n) is 4.77. The van der Waals surface area contributed by atoms with E-state index in [9.17, 15) is 0 Å². The Kier molecular flexibility index (Phi) is 4.92. The summed E-state index contributed by atoms with van der Waals surface area (Å²) < 4.78 is 0. The first-order valence-electron chi connectivity index (χ1n) is 6.41. The van der Waals surface area contributed by atoms with Gasteiger partial charge in [-0.15, -0.1) is 11.8 Å². The molecule has 1 aromatic heterocycles. The molecule has 3 nitrogen and oxygen atoms in total. The average molecular weight is 283 g/mol. The van der Waals surface area contributed by atoms with Crippen LogP contribution >= 0.6 is 23.5 Å². The van der Waals surface area contributed by atoms with E-state index in [2.05, 4.69) is 23.8 Å². The third-order valence-corrected chi connectivity index (χ3v) is 6.55. The number of nitrogens with two attached hydrogens (primary N) is 1. The molecule has 0 radical (unpaired) electrons. The molecular formula is C13H21N3S2. The molecule has 18 heavy (non-hydrogen) atoms. The first kappa shape index (κ1) is 14.2. The van der Waals surface area contributed by atoms with Gasteiger partial charge in [-0.3, -0.25) is 0 Å². The first-order chi connectivity index (χ1) is 8.60. The maximum absolute atomic E-state index is 5.61. The van der Waals surface area contributed by atoms with Crippen LogP contribution in [0.25, 0.3) is 0 Å². The van der Waals surface area contributed by atoms with Gasteiger partial charge < -0.3 is 5.73 Å². The smallest absolute Gasteiger partial charge is 0.142 e. The molecule has 2 N–H and O–H groups in total. The number of rotatable bonds is 3. The Bertz CT molecular complexity index is 411. The van der Waals surface area contributed by atoms with E-state index < -0.39 is 0 Å². The zero-order valence-electron chi connectivity index (χ0n) is 11.2. The second-order valence-corrected chi connectivity index (χ2v) is 7.76. The van der Waals surface area contributed by atoms with Crippen molar-refractivity contribution in [1.82, 2.24) is 9.97 Å². The molecule has 1 aromatic rings. The molecule has 100 valence electrons. The summed E-state index contributed by atoms with van der Waals surface area (Å²) in [4.78, 5) is 9.29. The number of nitrogens with zero attached hydrogens (tertiary/aromatic N) is 2. The maximum Gasteiger partial charge on any atom is 0.142 e. The molecule has 2 rings (SSSR count). The Labute approximate surface area is 118 Å². The molecule has 3 unspecified atom stereocenters. The monoisotopic (exact) mass is 283 g/mol.